The highest BCUT2D eigenvalue weighted by atomic mass is 16.5. The largest absolute Gasteiger partial charge is 0.496 e. The van der Waals surface area contributed by atoms with Crippen molar-refractivity contribution in [2.75, 3.05) is 14.2 Å². The molecule has 2 rings (SSSR count). The van der Waals surface area contributed by atoms with Crippen molar-refractivity contribution in [1.29, 1.82) is 0 Å². The summed E-state index contributed by atoms with van der Waals surface area (Å²) >= 11 is 0. The van der Waals surface area contributed by atoms with Crippen molar-refractivity contribution in [1.82, 2.24) is 5.32 Å². The Balaban J connectivity index is 2.01. The molecule has 0 bridgehead atoms. The molecule has 128 valence electrons. The molecule has 0 unspecified atom stereocenters. The molecule has 1 atom stereocenters. The van der Waals surface area contributed by atoms with E-state index in [-0.39, 0.29) is 5.91 Å². The molecule has 24 heavy (non-hydrogen) atoms. The van der Waals surface area contributed by atoms with Gasteiger partial charge in [-0.2, -0.15) is 0 Å². The van der Waals surface area contributed by atoms with E-state index in [2.05, 4.69) is 5.32 Å². The van der Waals surface area contributed by atoms with Crippen molar-refractivity contribution in [3.8, 4) is 17.2 Å². The Morgan fingerprint density at radius 3 is 2.17 bits per heavy atom. The highest BCUT2D eigenvalue weighted by molar-refractivity contribution is 5.81. The van der Waals surface area contributed by atoms with Crippen LogP contribution >= 0.6 is 0 Å². The zero-order chi connectivity index (χ0) is 17.4. The molecular weight excluding hydrogens is 306 g/mol. The van der Waals surface area contributed by atoms with Crippen molar-refractivity contribution in [2.24, 2.45) is 0 Å². The third kappa shape index (κ3) is 4.41. The van der Waals surface area contributed by atoms with Crippen LogP contribution in [0.2, 0.25) is 0 Å². The van der Waals surface area contributed by atoms with Gasteiger partial charge in [-0.3, -0.25) is 4.79 Å². The van der Waals surface area contributed by atoms with Gasteiger partial charge in [-0.15, -0.1) is 0 Å². The van der Waals surface area contributed by atoms with E-state index < -0.39 is 6.10 Å². The Hall–Kier alpha value is -2.69. The third-order valence-electron chi connectivity index (χ3n) is 3.65. The lowest BCUT2D eigenvalue weighted by Crippen LogP contribution is -2.37. The molecule has 0 fully saturated rings. The van der Waals surface area contributed by atoms with Crippen LogP contribution in [0.5, 0.6) is 17.2 Å². The average molecular weight is 329 g/mol. The third-order valence-corrected chi connectivity index (χ3v) is 3.65. The fourth-order valence-corrected chi connectivity index (χ4v) is 2.34. The first-order valence-electron chi connectivity index (χ1n) is 7.88. The van der Waals surface area contributed by atoms with Crippen molar-refractivity contribution in [2.45, 2.75) is 26.0 Å². The van der Waals surface area contributed by atoms with E-state index in [4.69, 9.17) is 14.2 Å². The Kier molecular flexibility index (Phi) is 6.49. The normalized spacial score (nSPS) is 11.5. The molecule has 2 aromatic rings. The maximum absolute atomic E-state index is 12.4. The number of nitrogens with one attached hydrogen (secondary N) is 1. The van der Waals surface area contributed by atoms with Crippen LogP contribution in [0.3, 0.4) is 0 Å². The van der Waals surface area contributed by atoms with Gasteiger partial charge in [0, 0.05) is 12.1 Å². The summed E-state index contributed by atoms with van der Waals surface area (Å²) in [4.78, 5) is 12.4. The fourth-order valence-electron chi connectivity index (χ4n) is 2.34. The number of benzene rings is 2. The Morgan fingerprint density at radius 2 is 1.54 bits per heavy atom. The summed E-state index contributed by atoms with van der Waals surface area (Å²) in [5.74, 6) is 1.73. The van der Waals surface area contributed by atoms with Gasteiger partial charge in [0.15, 0.2) is 17.6 Å². The Morgan fingerprint density at radius 1 is 0.958 bits per heavy atom. The molecule has 5 nitrogen and oxygen atoms in total. The number of amides is 1. The van der Waals surface area contributed by atoms with Gasteiger partial charge >= 0.3 is 0 Å². The maximum atomic E-state index is 12.4. The minimum atomic E-state index is -0.587. The lowest BCUT2D eigenvalue weighted by atomic mass is 10.2. The summed E-state index contributed by atoms with van der Waals surface area (Å²) in [5.41, 5.74) is 0.917. The van der Waals surface area contributed by atoms with Crippen LogP contribution in [0.15, 0.2) is 48.5 Å². The molecule has 2 aromatic carbocycles. The van der Waals surface area contributed by atoms with Crippen LogP contribution in [0.1, 0.15) is 18.9 Å². The van der Waals surface area contributed by atoms with Crippen LogP contribution < -0.4 is 19.5 Å². The number of para-hydroxylation sites is 3. The van der Waals surface area contributed by atoms with Crippen molar-refractivity contribution in [3.05, 3.63) is 54.1 Å². The SMILES string of the molecule is CC[C@H](Oc1ccccc1OC)C(=O)NCc1ccccc1OC. The molecule has 0 spiro atoms. The molecule has 0 aliphatic carbocycles. The average Bonchev–Trinajstić information content (AvgIpc) is 2.64. The summed E-state index contributed by atoms with van der Waals surface area (Å²) in [7, 11) is 3.19. The molecule has 1 N–H and O–H groups in total. The van der Waals surface area contributed by atoms with Gasteiger partial charge < -0.3 is 19.5 Å². The Labute approximate surface area is 142 Å². The lowest BCUT2D eigenvalue weighted by molar-refractivity contribution is -0.128. The molecular formula is C19H23NO4. The van der Waals surface area contributed by atoms with E-state index in [0.29, 0.717) is 24.5 Å². The number of carbonyl (C=O) groups excluding carboxylic acids is 1. The second kappa shape index (κ2) is 8.82. The number of carbonyl (C=O) groups is 1. The van der Waals surface area contributed by atoms with Crippen molar-refractivity contribution in [3.63, 3.8) is 0 Å². The zero-order valence-corrected chi connectivity index (χ0v) is 14.2. The van der Waals surface area contributed by atoms with Gasteiger partial charge in [-0.05, 0) is 24.6 Å². The first-order chi connectivity index (χ1) is 11.7. The van der Waals surface area contributed by atoms with E-state index in [1.807, 2.05) is 43.3 Å². The zero-order valence-electron chi connectivity index (χ0n) is 14.2. The number of ether oxygens (including phenoxy) is 3. The molecule has 5 heteroatoms. The minimum Gasteiger partial charge on any atom is -0.496 e. The lowest BCUT2D eigenvalue weighted by Gasteiger charge is -2.19. The highest BCUT2D eigenvalue weighted by Crippen LogP contribution is 2.27. The van der Waals surface area contributed by atoms with Gasteiger partial charge in [-0.1, -0.05) is 37.3 Å². The standard InChI is InChI=1S/C19H23NO4/c1-4-15(24-18-12-8-7-11-17(18)23-3)19(21)20-13-14-9-5-6-10-16(14)22-2/h5-12,15H,4,13H2,1-3H3,(H,20,21)/t15-/m0/s1. The molecule has 1 amide bonds. The first-order valence-corrected chi connectivity index (χ1v) is 7.88. The molecule has 0 heterocycles. The van der Waals surface area contributed by atoms with Crippen LogP contribution in [0, 0.1) is 0 Å². The molecule has 0 aliphatic rings. The van der Waals surface area contributed by atoms with Gasteiger partial charge in [0.05, 0.1) is 14.2 Å². The van der Waals surface area contributed by atoms with Crippen molar-refractivity contribution >= 4 is 5.91 Å². The molecule has 0 aromatic heterocycles. The monoisotopic (exact) mass is 329 g/mol. The topological polar surface area (TPSA) is 56.8 Å². The van der Waals surface area contributed by atoms with Crippen molar-refractivity contribution < 1.29 is 19.0 Å². The second-order valence-corrected chi connectivity index (χ2v) is 5.20. The van der Waals surface area contributed by atoms with Crippen LogP contribution in [-0.2, 0) is 11.3 Å². The van der Waals surface area contributed by atoms with Crippen LogP contribution in [0.4, 0.5) is 0 Å². The van der Waals surface area contributed by atoms with E-state index in [1.54, 1.807) is 26.4 Å². The maximum Gasteiger partial charge on any atom is 0.261 e. The van der Waals surface area contributed by atoms with Gasteiger partial charge in [0.2, 0.25) is 0 Å². The number of hydrogen-bond donors (Lipinski definition) is 1. The van der Waals surface area contributed by atoms with E-state index in [0.717, 1.165) is 11.3 Å². The number of methoxy groups -OCH3 is 2. The van der Waals surface area contributed by atoms with E-state index in [9.17, 15) is 4.79 Å². The van der Waals surface area contributed by atoms with E-state index >= 15 is 0 Å². The summed E-state index contributed by atoms with van der Waals surface area (Å²) < 4.78 is 16.4. The molecule has 0 saturated carbocycles. The van der Waals surface area contributed by atoms with Crippen LogP contribution in [0.25, 0.3) is 0 Å². The van der Waals surface area contributed by atoms with Gasteiger partial charge in [0.1, 0.15) is 5.75 Å². The summed E-state index contributed by atoms with van der Waals surface area (Å²) in [6, 6.07) is 14.9. The first kappa shape index (κ1) is 17.7. The predicted octanol–water partition coefficient (Wildman–Crippen LogP) is 3.18. The van der Waals surface area contributed by atoms with Gasteiger partial charge in [0.25, 0.3) is 5.91 Å². The van der Waals surface area contributed by atoms with E-state index in [1.165, 1.54) is 0 Å². The highest BCUT2D eigenvalue weighted by Gasteiger charge is 2.20. The summed E-state index contributed by atoms with van der Waals surface area (Å²) in [6.07, 6.45) is -0.0356. The Bertz CT molecular complexity index is 672. The fraction of sp³-hybridized carbons (Fsp3) is 0.316. The van der Waals surface area contributed by atoms with Crippen LogP contribution in [-0.4, -0.2) is 26.2 Å². The predicted molar refractivity (Wildman–Crippen MR) is 92.5 cm³/mol. The smallest absolute Gasteiger partial charge is 0.261 e. The minimum absolute atomic E-state index is 0.172. The molecule has 0 saturated heterocycles. The summed E-state index contributed by atoms with van der Waals surface area (Å²) in [5, 5.41) is 2.90. The second-order valence-electron chi connectivity index (χ2n) is 5.20. The molecule has 0 radical (unpaired) electrons. The van der Waals surface area contributed by atoms with Gasteiger partial charge in [-0.25, -0.2) is 0 Å². The quantitative estimate of drug-likeness (QED) is 0.808. The molecule has 0 aliphatic heterocycles. The summed E-state index contributed by atoms with van der Waals surface area (Å²) in [6.45, 7) is 2.29. The number of rotatable bonds is 8. The number of hydrogen-bond acceptors (Lipinski definition) is 4.